The molecule has 0 aliphatic carbocycles. The number of aliphatic imine (C=N–C) groups is 5. The minimum atomic E-state index is -0.0446. The molecule has 8 heterocycles. The first-order valence-corrected chi connectivity index (χ1v) is 51.8. The highest BCUT2D eigenvalue weighted by Gasteiger charge is 2.36. The molecular weight excluding hydrogens is 2040 g/mol. The number of rotatable bonds is 28. The molecule has 0 bridgehead atoms. The second-order valence-corrected chi connectivity index (χ2v) is 40.4. The van der Waals surface area contributed by atoms with Crippen molar-refractivity contribution in [1.82, 2.24) is 24.6 Å². The van der Waals surface area contributed by atoms with Gasteiger partial charge in [-0.3, -0.25) is 29.9 Å². The Kier molecular flexibility index (Phi) is 36.2. The molecule has 704 valence electrons. The highest BCUT2D eigenvalue weighted by Crippen LogP contribution is 2.39. The van der Waals surface area contributed by atoms with E-state index in [2.05, 4.69) is 229 Å². The zero-order valence-electron chi connectivity index (χ0n) is 78.2. The standard InChI is InChI=1S/C24H22BrClN2O.C23H25N3.C22H23BrClN3O.C22H24BrClN2O.C21H22BrClN2O/c1-29-23-13-11-18(25)16-17(23)10-12-20-21(8-5-9-22(20)26)24-27-14-15-28(24)19-6-3-2-4-7-19;1-17(2)26-16-15-25-23(26)22-20(10-6-14-24-22)13-12-19-9-5-8-18-7-3-4-11-21(18)19;1-15(13-25)14-27-11-10-26-22(27)19-4-3-5-20(24)18(19)8-6-16-12-17(23)7-9-21(16)28-2;1-27-21-11-9-16(23)13-15(21)8-10-18-19(6-4-7-20(18)24)22-25-14-17-5-2-3-12-26(17)22;1-26-20-10-8-15(22)12-14(20)7-9-17-18(5-2-6-19(17)23)21-24-13-16-4-3-11-25(16)21/h2-9,11,13,16H,10,12,14-15H2,1H3;3-11,14,17H,12-13,15-16H2,1-2H3;3-5,7,9,12,15H,6,8,10-11,14H2,1-2H3;4,6-7,9,11,13,17H,2-3,5,8,10,12,14H2,1H3;2,5-6,8,10,12,16H,3-4,7,9,11,13H2,1H3/t;;;;16-/m....0/s1. The number of benzene rings is 11. The number of aromatic nitrogens is 1. The molecule has 0 N–H and O–H groups in total. The van der Waals surface area contributed by atoms with Gasteiger partial charge in [-0.1, -0.05) is 225 Å². The van der Waals surface area contributed by atoms with Gasteiger partial charge < -0.3 is 43.4 Å². The minimum Gasteiger partial charge on any atom is -0.496 e. The van der Waals surface area contributed by atoms with Gasteiger partial charge in [0.15, 0.2) is 5.84 Å². The van der Waals surface area contributed by atoms with Crippen molar-refractivity contribution in [2.24, 2.45) is 30.9 Å². The molecule has 2 saturated heterocycles. The van der Waals surface area contributed by atoms with E-state index in [-0.39, 0.29) is 5.92 Å². The molecule has 24 heteroatoms. The number of nitrogens with zero attached hydrogens (tertiary/aromatic N) is 12. The van der Waals surface area contributed by atoms with Crippen LogP contribution in [-0.4, -0.2) is 172 Å². The smallest absolute Gasteiger partial charge is 0.150 e. The Balaban J connectivity index is 0.000000129. The Morgan fingerprint density at radius 1 is 0.382 bits per heavy atom. The predicted molar refractivity (Wildman–Crippen MR) is 577 cm³/mol. The summed E-state index contributed by atoms with van der Waals surface area (Å²) in [5.41, 5.74) is 18.7. The topological polar surface area (TPSA) is 152 Å². The van der Waals surface area contributed by atoms with E-state index in [1.165, 1.54) is 87.4 Å². The molecule has 0 saturated carbocycles. The van der Waals surface area contributed by atoms with Gasteiger partial charge in [-0.2, -0.15) is 5.26 Å². The summed E-state index contributed by atoms with van der Waals surface area (Å²) >= 11 is 40.7. The number of ether oxygens (including phenoxy) is 4. The summed E-state index contributed by atoms with van der Waals surface area (Å²) in [5, 5.41) is 15.0. The van der Waals surface area contributed by atoms with Gasteiger partial charge in [-0.25, -0.2) is 0 Å². The highest BCUT2D eigenvalue weighted by molar-refractivity contribution is 9.11. The first-order valence-electron chi connectivity index (χ1n) is 47.1. The van der Waals surface area contributed by atoms with Crippen molar-refractivity contribution >= 4 is 156 Å². The van der Waals surface area contributed by atoms with Gasteiger partial charge in [0, 0.05) is 117 Å². The van der Waals surface area contributed by atoms with E-state index in [0.29, 0.717) is 24.7 Å². The number of amidine groups is 5. The fourth-order valence-corrected chi connectivity index (χ4v) is 22.0. The second kappa shape index (κ2) is 49.0. The zero-order valence-corrected chi connectivity index (χ0v) is 87.6. The number of nitriles is 1. The average Bonchev–Trinajstić information content (AvgIpc) is 1.62. The van der Waals surface area contributed by atoms with Crippen molar-refractivity contribution < 1.29 is 18.9 Å². The summed E-state index contributed by atoms with van der Waals surface area (Å²) in [6.45, 7) is 16.2. The van der Waals surface area contributed by atoms with Gasteiger partial charge in [0.2, 0.25) is 0 Å². The Hall–Kier alpha value is -10.1. The van der Waals surface area contributed by atoms with Gasteiger partial charge >= 0.3 is 0 Å². The largest absolute Gasteiger partial charge is 0.496 e. The van der Waals surface area contributed by atoms with Gasteiger partial charge in [-0.15, -0.1) is 0 Å². The number of piperidine rings is 1. The number of aryl methyl sites for hydroxylation is 6. The van der Waals surface area contributed by atoms with Crippen LogP contribution < -0.4 is 23.8 Å². The molecule has 7 aliphatic heterocycles. The summed E-state index contributed by atoms with van der Waals surface area (Å²) in [5.74, 6) is 8.83. The number of methoxy groups -OCH3 is 4. The molecule has 16 nitrogen and oxygen atoms in total. The predicted octanol–water partition coefficient (Wildman–Crippen LogP) is 26.4. The van der Waals surface area contributed by atoms with Crippen LogP contribution >= 0.6 is 110 Å². The van der Waals surface area contributed by atoms with Crippen LogP contribution in [0.5, 0.6) is 23.0 Å². The number of hydrogen-bond acceptors (Lipinski definition) is 16. The van der Waals surface area contributed by atoms with E-state index in [1.807, 2.05) is 122 Å². The second-order valence-electron chi connectivity index (χ2n) is 35.1. The monoisotopic (exact) mass is 2150 g/mol. The number of halogens is 8. The van der Waals surface area contributed by atoms with Gasteiger partial charge in [0.05, 0.1) is 85.2 Å². The molecule has 2 fully saturated rings. The first-order chi connectivity index (χ1) is 66.3. The lowest BCUT2D eigenvalue weighted by atomic mass is 9.97. The Labute approximate surface area is 855 Å². The zero-order chi connectivity index (χ0) is 95.1. The molecular formula is C112H116Br4Cl4N12O4. The molecule has 136 heavy (non-hydrogen) atoms. The van der Waals surface area contributed by atoms with Gasteiger partial charge in [-0.05, 0) is 299 Å². The highest BCUT2D eigenvalue weighted by atomic mass is 79.9. The molecule has 12 aromatic rings. The lowest BCUT2D eigenvalue weighted by Crippen LogP contribution is -2.41. The van der Waals surface area contributed by atoms with Crippen LogP contribution in [0.1, 0.15) is 136 Å². The van der Waals surface area contributed by atoms with Crippen LogP contribution in [0.4, 0.5) is 5.69 Å². The maximum Gasteiger partial charge on any atom is 0.150 e. The van der Waals surface area contributed by atoms with Crippen molar-refractivity contribution in [3.05, 3.63) is 358 Å². The number of anilines is 1. The molecule has 19 rings (SSSR count). The van der Waals surface area contributed by atoms with Crippen LogP contribution in [-0.2, 0) is 64.2 Å². The van der Waals surface area contributed by atoms with E-state index >= 15 is 0 Å². The third-order valence-corrected chi connectivity index (χ3v) is 29.5. The number of pyridine rings is 1. The maximum absolute atomic E-state index is 9.18. The Morgan fingerprint density at radius 3 is 1.28 bits per heavy atom. The van der Waals surface area contributed by atoms with E-state index in [1.54, 1.807) is 28.4 Å². The van der Waals surface area contributed by atoms with Crippen molar-refractivity contribution in [1.29, 1.82) is 5.26 Å². The Morgan fingerprint density at radius 2 is 0.787 bits per heavy atom. The molecule has 0 radical (unpaired) electrons. The van der Waals surface area contributed by atoms with Crippen molar-refractivity contribution in [3.8, 4) is 29.1 Å². The molecule has 3 atom stereocenters. The lowest BCUT2D eigenvalue weighted by molar-refractivity contribution is 0.269. The summed E-state index contributed by atoms with van der Waals surface area (Å²) < 4.78 is 26.3. The number of fused-ring (bicyclic) bond motifs is 3. The van der Waals surface area contributed by atoms with E-state index in [0.717, 1.165) is 265 Å². The van der Waals surface area contributed by atoms with Crippen molar-refractivity contribution in [3.63, 3.8) is 0 Å². The quantitative estimate of drug-likeness (QED) is 0.0461. The van der Waals surface area contributed by atoms with Crippen molar-refractivity contribution in [2.45, 2.75) is 135 Å². The molecule has 7 aliphatic rings. The van der Waals surface area contributed by atoms with E-state index in [4.69, 9.17) is 95.3 Å². The maximum atomic E-state index is 9.18. The molecule has 0 spiro atoms. The van der Waals surface area contributed by atoms with Crippen LogP contribution in [0.2, 0.25) is 20.1 Å². The lowest BCUT2D eigenvalue weighted by Gasteiger charge is -2.33. The third kappa shape index (κ3) is 25.0. The molecule has 0 amide bonds. The van der Waals surface area contributed by atoms with Crippen LogP contribution in [0.25, 0.3) is 10.8 Å². The fraction of sp³-hybridized carbons (Fsp3) is 0.330. The Bertz CT molecular complexity index is 6380. The summed E-state index contributed by atoms with van der Waals surface area (Å²) in [4.78, 5) is 40.5. The van der Waals surface area contributed by atoms with Gasteiger partial charge in [0.25, 0.3) is 0 Å². The van der Waals surface area contributed by atoms with E-state index < -0.39 is 0 Å². The first kappa shape index (κ1) is 100. The van der Waals surface area contributed by atoms with Crippen molar-refractivity contribution in [2.75, 3.05) is 105 Å². The minimum absolute atomic E-state index is 0.0446. The van der Waals surface area contributed by atoms with Crippen LogP contribution in [0.3, 0.4) is 0 Å². The molecule has 2 unspecified atom stereocenters. The fourth-order valence-electron chi connectivity index (χ4n) is 19.3. The van der Waals surface area contributed by atoms with Crippen LogP contribution in [0, 0.1) is 17.2 Å². The summed E-state index contributed by atoms with van der Waals surface area (Å²) in [6.07, 6.45) is 16.9. The summed E-state index contributed by atoms with van der Waals surface area (Å²) in [7, 11) is 6.83. The third-order valence-electron chi connectivity index (χ3n) is 26.1. The van der Waals surface area contributed by atoms with Crippen LogP contribution in [0.15, 0.2) is 280 Å². The average molecular weight is 2160 g/mol. The molecule has 1 aromatic heterocycles. The van der Waals surface area contributed by atoms with Gasteiger partial charge in [0.1, 0.15) is 52.0 Å². The number of para-hydroxylation sites is 1. The van der Waals surface area contributed by atoms with E-state index in [9.17, 15) is 5.26 Å². The summed E-state index contributed by atoms with van der Waals surface area (Å²) in [6, 6.07) is 82.6. The SMILES string of the molecule is CC(C)N1CCN=C1c1ncccc1CCc1cccc2ccccc12.COc1ccc(Br)cc1CCc1c(Cl)cccc1C1=NCC2CCCCN12.COc1ccc(Br)cc1CCc1c(Cl)cccc1C1=NCCN1CC(C)C#N.COc1ccc(Br)cc1CCc1c(Cl)cccc1C1=NCCN1c1ccccc1.COc1ccc(Br)cc1CCc1c(Cl)cccc1C1=NC[C@@H]2CCCN12. The number of hydrogen-bond donors (Lipinski definition) is 0. The molecule has 11 aromatic carbocycles. The normalized spacial score (nSPS) is 16.0.